The van der Waals surface area contributed by atoms with Crippen molar-refractivity contribution in [2.24, 2.45) is 5.41 Å². The van der Waals surface area contributed by atoms with Gasteiger partial charge in [0, 0.05) is 18.5 Å². The molecule has 104 valence electrons. The molecule has 0 unspecified atom stereocenters. The molecular weight excluding hydrogens is 260 g/mol. The summed E-state index contributed by atoms with van der Waals surface area (Å²) < 4.78 is 0. The maximum absolute atomic E-state index is 7.00. The highest BCUT2D eigenvalue weighted by atomic mass is 15.2. The number of rotatable bonds is 2. The fraction of sp³-hybridized carbons (Fsp3) is 0.353. The van der Waals surface area contributed by atoms with Crippen molar-refractivity contribution in [3.8, 4) is 0 Å². The quantitative estimate of drug-likeness (QED) is 0.788. The zero-order chi connectivity index (χ0) is 14.3. The molecule has 0 atom stereocenters. The minimum absolute atomic E-state index is 0.499. The van der Waals surface area contributed by atoms with Gasteiger partial charge in [-0.25, -0.2) is 14.8 Å². The lowest BCUT2D eigenvalue weighted by Crippen LogP contribution is -2.61. The van der Waals surface area contributed by atoms with E-state index in [0.717, 1.165) is 24.5 Å². The van der Waals surface area contributed by atoms with Crippen LogP contribution in [-0.2, 0) is 0 Å². The van der Waals surface area contributed by atoms with Crippen molar-refractivity contribution >= 4 is 11.4 Å². The van der Waals surface area contributed by atoms with E-state index in [1.807, 2.05) is 24.5 Å². The fourth-order valence-corrected chi connectivity index (χ4v) is 3.70. The minimum Gasteiger partial charge on any atom is -0.368 e. The van der Waals surface area contributed by atoms with E-state index in [1.165, 1.54) is 18.4 Å². The van der Waals surface area contributed by atoms with Crippen molar-refractivity contribution in [2.75, 3.05) is 18.0 Å². The van der Waals surface area contributed by atoms with Crippen LogP contribution >= 0.6 is 0 Å². The van der Waals surface area contributed by atoms with Gasteiger partial charge in [-0.1, -0.05) is 24.3 Å². The zero-order valence-corrected chi connectivity index (χ0v) is 11.7. The van der Waals surface area contributed by atoms with Gasteiger partial charge in [-0.2, -0.15) is 0 Å². The second kappa shape index (κ2) is 4.56. The summed E-state index contributed by atoms with van der Waals surface area (Å²) in [6.45, 7) is 9.24. The molecule has 1 aliphatic heterocycles. The van der Waals surface area contributed by atoms with Crippen LogP contribution in [0.4, 0.5) is 11.4 Å². The van der Waals surface area contributed by atoms with Crippen molar-refractivity contribution in [1.82, 2.24) is 9.97 Å². The first kappa shape index (κ1) is 12.3. The Kier molecular flexibility index (Phi) is 2.68. The van der Waals surface area contributed by atoms with Crippen LogP contribution in [0.1, 0.15) is 24.3 Å². The summed E-state index contributed by atoms with van der Waals surface area (Å²) in [5.74, 6) is 0.666. The van der Waals surface area contributed by atoms with Gasteiger partial charge in [-0.05, 0) is 24.3 Å². The molecule has 2 aromatic rings. The first-order valence-electron chi connectivity index (χ1n) is 7.25. The van der Waals surface area contributed by atoms with E-state index in [0.29, 0.717) is 11.3 Å². The Labute approximate surface area is 124 Å². The maximum Gasteiger partial charge on any atom is 0.187 e. The van der Waals surface area contributed by atoms with E-state index in [9.17, 15) is 0 Å². The largest absolute Gasteiger partial charge is 0.368 e. The van der Waals surface area contributed by atoms with Crippen LogP contribution in [0.25, 0.3) is 4.85 Å². The summed E-state index contributed by atoms with van der Waals surface area (Å²) >= 11 is 0. The van der Waals surface area contributed by atoms with Crippen LogP contribution in [0.15, 0.2) is 43.0 Å². The van der Waals surface area contributed by atoms with Gasteiger partial charge in [0.25, 0.3) is 0 Å². The van der Waals surface area contributed by atoms with Crippen LogP contribution in [0.2, 0.25) is 0 Å². The molecule has 2 heterocycles. The Hall–Kier alpha value is -2.41. The van der Waals surface area contributed by atoms with Gasteiger partial charge in [0.2, 0.25) is 0 Å². The van der Waals surface area contributed by atoms with Gasteiger partial charge in [0.15, 0.2) is 5.69 Å². The lowest BCUT2D eigenvalue weighted by molar-refractivity contribution is 0.0633. The number of hydrogen-bond acceptors (Lipinski definition) is 3. The molecule has 2 aliphatic rings. The average molecular weight is 276 g/mol. The molecule has 21 heavy (non-hydrogen) atoms. The molecule has 0 amide bonds. The Balaban J connectivity index is 1.37. The summed E-state index contributed by atoms with van der Waals surface area (Å²) in [6.07, 6.45) is 7.87. The molecule has 1 saturated carbocycles. The maximum atomic E-state index is 7.00. The summed E-state index contributed by atoms with van der Waals surface area (Å²) in [7, 11) is 0. The molecule has 1 aromatic carbocycles. The predicted molar refractivity (Wildman–Crippen MR) is 81.4 cm³/mol. The highest BCUT2D eigenvalue weighted by molar-refractivity contribution is 5.49. The fourth-order valence-electron chi connectivity index (χ4n) is 3.70. The summed E-state index contributed by atoms with van der Waals surface area (Å²) in [5.41, 5.74) is 3.74. The van der Waals surface area contributed by atoms with Crippen LogP contribution in [0.3, 0.4) is 0 Å². The SMILES string of the molecule is [C-]#[N+]c1ccc(C2CC3(C2)CN(c2cncnc2)C3)cc1. The molecule has 1 saturated heterocycles. The normalized spacial score (nSPS) is 19.7. The lowest BCUT2D eigenvalue weighted by Gasteiger charge is -2.60. The summed E-state index contributed by atoms with van der Waals surface area (Å²) in [5, 5.41) is 0. The summed E-state index contributed by atoms with van der Waals surface area (Å²) in [6, 6.07) is 8.10. The van der Waals surface area contributed by atoms with E-state index in [4.69, 9.17) is 6.57 Å². The summed E-state index contributed by atoms with van der Waals surface area (Å²) in [4.78, 5) is 14.0. The molecule has 2 fully saturated rings. The Bertz CT molecular complexity index is 673. The molecule has 4 nitrogen and oxygen atoms in total. The number of anilines is 1. The van der Waals surface area contributed by atoms with E-state index in [-0.39, 0.29) is 0 Å². The third-order valence-electron chi connectivity index (χ3n) is 4.82. The third kappa shape index (κ3) is 2.06. The molecule has 4 heteroatoms. The highest BCUT2D eigenvalue weighted by Gasteiger charge is 2.52. The molecule has 4 rings (SSSR count). The first-order chi connectivity index (χ1) is 10.3. The molecular formula is C17H16N4. The first-order valence-corrected chi connectivity index (χ1v) is 7.25. The molecule has 0 N–H and O–H groups in total. The van der Waals surface area contributed by atoms with Crippen molar-refractivity contribution in [1.29, 1.82) is 0 Å². The standard InChI is InChI=1S/C17H16N4/c1-18-15-4-2-13(3-5-15)14-6-17(7-14)10-21(11-17)16-8-19-12-20-9-16/h2-5,8-9,12,14H,6-7,10-11H2. The lowest BCUT2D eigenvalue weighted by atomic mass is 9.56. The molecule has 0 bridgehead atoms. The smallest absolute Gasteiger partial charge is 0.187 e. The second-order valence-electron chi connectivity index (χ2n) is 6.26. The van der Waals surface area contributed by atoms with Crippen LogP contribution in [-0.4, -0.2) is 23.1 Å². The third-order valence-corrected chi connectivity index (χ3v) is 4.82. The van der Waals surface area contributed by atoms with E-state index < -0.39 is 0 Å². The predicted octanol–water partition coefficient (Wildman–Crippen LogP) is 3.41. The van der Waals surface area contributed by atoms with Gasteiger partial charge in [0.05, 0.1) is 24.7 Å². The molecule has 1 spiro atoms. The topological polar surface area (TPSA) is 33.4 Å². The number of aromatic nitrogens is 2. The van der Waals surface area contributed by atoms with Crippen molar-refractivity contribution in [3.63, 3.8) is 0 Å². The van der Waals surface area contributed by atoms with Gasteiger partial charge < -0.3 is 4.90 Å². The Morgan fingerprint density at radius 2 is 1.76 bits per heavy atom. The molecule has 1 aromatic heterocycles. The van der Waals surface area contributed by atoms with Gasteiger partial charge in [-0.3, -0.25) is 0 Å². The number of hydrogen-bond donors (Lipinski definition) is 0. The minimum atomic E-state index is 0.499. The highest BCUT2D eigenvalue weighted by Crippen LogP contribution is 2.56. The van der Waals surface area contributed by atoms with Crippen molar-refractivity contribution in [2.45, 2.75) is 18.8 Å². The van der Waals surface area contributed by atoms with Crippen molar-refractivity contribution in [3.05, 3.63) is 60.0 Å². The van der Waals surface area contributed by atoms with Crippen LogP contribution in [0.5, 0.6) is 0 Å². The number of nitrogens with zero attached hydrogens (tertiary/aromatic N) is 4. The van der Waals surface area contributed by atoms with E-state index in [2.05, 4.69) is 31.8 Å². The molecule has 0 radical (unpaired) electrons. The Morgan fingerprint density at radius 1 is 1.10 bits per heavy atom. The second-order valence-corrected chi connectivity index (χ2v) is 6.26. The van der Waals surface area contributed by atoms with Crippen LogP contribution < -0.4 is 4.90 Å². The average Bonchev–Trinajstić information content (AvgIpc) is 2.46. The van der Waals surface area contributed by atoms with Gasteiger partial charge in [-0.15, -0.1) is 0 Å². The van der Waals surface area contributed by atoms with Gasteiger partial charge >= 0.3 is 0 Å². The monoisotopic (exact) mass is 276 g/mol. The van der Waals surface area contributed by atoms with E-state index in [1.54, 1.807) is 6.33 Å². The number of benzene rings is 1. The van der Waals surface area contributed by atoms with Gasteiger partial charge in [0.1, 0.15) is 6.33 Å². The van der Waals surface area contributed by atoms with E-state index >= 15 is 0 Å². The molecule has 1 aliphatic carbocycles. The van der Waals surface area contributed by atoms with Crippen LogP contribution in [0, 0.1) is 12.0 Å². The zero-order valence-electron chi connectivity index (χ0n) is 11.7. The van der Waals surface area contributed by atoms with Crippen molar-refractivity contribution < 1.29 is 0 Å². The Morgan fingerprint density at radius 3 is 2.38 bits per heavy atom.